The molecule has 7 heteroatoms. The van der Waals surface area contributed by atoms with Gasteiger partial charge in [0.2, 0.25) is 0 Å². The summed E-state index contributed by atoms with van der Waals surface area (Å²) in [7, 11) is -4.21. The minimum Gasteiger partial charge on any atom is -1.00 e. The van der Waals surface area contributed by atoms with Crippen LogP contribution in [0, 0.1) is 0 Å². The second-order valence-electron chi connectivity index (χ2n) is 4.94. The van der Waals surface area contributed by atoms with Crippen molar-refractivity contribution in [2.24, 2.45) is 0 Å². The fourth-order valence-corrected chi connectivity index (χ4v) is 2.39. The van der Waals surface area contributed by atoms with Gasteiger partial charge in [0.25, 0.3) is 10.1 Å². The fraction of sp³-hybridized carbons (Fsp3) is 0.533. The number of benzene rings is 1. The maximum atomic E-state index is 11.6. The third-order valence-corrected chi connectivity index (χ3v) is 3.96. The van der Waals surface area contributed by atoms with Crippen LogP contribution in [0.3, 0.4) is 0 Å². The molecule has 0 saturated heterocycles. The fourth-order valence-electron chi connectivity index (χ4n) is 1.91. The van der Waals surface area contributed by atoms with Gasteiger partial charge in [-0.25, -0.2) is 0 Å². The van der Waals surface area contributed by atoms with Gasteiger partial charge in [-0.05, 0) is 30.7 Å². The summed E-state index contributed by atoms with van der Waals surface area (Å²) in [5.41, 5.74) is 0. The maximum Gasteiger partial charge on any atom is 1.00 e. The summed E-state index contributed by atoms with van der Waals surface area (Å²) >= 11 is 0. The first-order valence-electron chi connectivity index (χ1n) is 7.21. The van der Waals surface area contributed by atoms with Crippen LogP contribution in [-0.2, 0) is 14.9 Å². The van der Waals surface area contributed by atoms with E-state index in [2.05, 4.69) is 6.92 Å². The van der Waals surface area contributed by atoms with E-state index in [0.29, 0.717) is 6.42 Å². The number of carbonyl (C=O) groups excluding carboxylic acids is 1. The molecule has 0 saturated carbocycles. The Hall–Kier alpha value is -0.400. The molecule has 0 aliphatic rings. The monoisotopic (exact) mass is 338 g/mol. The first-order chi connectivity index (χ1) is 9.93. The number of hydrogen-bond donors (Lipinski definition) is 1. The quantitative estimate of drug-likeness (QED) is 0.236. The van der Waals surface area contributed by atoms with Crippen molar-refractivity contribution in [1.82, 2.24) is 0 Å². The first-order valence-corrected chi connectivity index (χ1v) is 8.65. The molecule has 1 rings (SSSR count). The topological polar surface area (TPSA) is 80.7 Å². The summed E-state index contributed by atoms with van der Waals surface area (Å²) in [5, 5.41) is 0. The van der Waals surface area contributed by atoms with Crippen molar-refractivity contribution >= 4 is 16.1 Å². The Morgan fingerprint density at radius 2 is 1.64 bits per heavy atom. The molecule has 120 valence electrons. The van der Waals surface area contributed by atoms with Crippen LogP contribution < -0.4 is 34.3 Å². The molecule has 0 atom stereocenters. The molecule has 0 spiro atoms. The Labute approximate surface area is 156 Å². The minimum atomic E-state index is -4.21. The number of hydrogen-bond acceptors (Lipinski definition) is 4. The van der Waals surface area contributed by atoms with E-state index in [9.17, 15) is 13.2 Å². The largest absolute Gasteiger partial charge is 1.00 e. The van der Waals surface area contributed by atoms with Gasteiger partial charge in [-0.1, -0.05) is 39.0 Å². The molecule has 0 unspecified atom stereocenters. The van der Waals surface area contributed by atoms with E-state index in [1.165, 1.54) is 43.5 Å². The maximum absolute atomic E-state index is 11.6. The molecular weight excluding hydrogens is 315 g/mol. The van der Waals surface area contributed by atoms with Gasteiger partial charge in [0, 0.05) is 6.42 Å². The normalized spacial score (nSPS) is 10.8. The molecule has 5 nitrogen and oxygen atoms in total. The Morgan fingerprint density at radius 1 is 1.09 bits per heavy atom. The van der Waals surface area contributed by atoms with E-state index in [0.717, 1.165) is 19.3 Å². The van der Waals surface area contributed by atoms with Crippen LogP contribution >= 0.6 is 0 Å². The molecule has 0 aromatic heterocycles. The van der Waals surface area contributed by atoms with E-state index < -0.39 is 10.1 Å². The van der Waals surface area contributed by atoms with Crippen molar-refractivity contribution in [3.63, 3.8) is 0 Å². The molecule has 1 N–H and O–H groups in total. The number of carbonyl (C=O) groups is 1. The second-order valence-corrected chi connectivity index (χ2v) is 6.36. The van der Waals surface area contributed by atoms with Crippen LogP contribution in [0.4, 0.5) is 0 Å². The molecule has 1 aromatic rings. The minimum absolute atomic E-state index is 0. The Morgan fingerprint density at radius 3 is 2.18 bits per heavy atom. The standard InChI is InChI=1S/C15H22O5S.Na.H/c1-2-3-4-5-6-7-8-15(16)20-13-9-11-14(12-10-13)21(17,18)19;;/h9-12H,2-8H2,1H3,(H,17,18,19);;/q;+1;-1. The van der Waals surface area contributed by atoms with Crippen LogP contribution in [0.1, 0.15) is 53.3 Å². The van der Waals surface area contributed by atoms with Crippen molar-refractivity contribution in [2.75, 3.05) is 0 Å². The zero-order valence-electron chi connectivity index (χ0n) is 14.2. The molecule has 0 heterocycles. The van der Waals surface area contributed by atoms with Crippen LogP contribution in [0.25, 0.3) is 0 Å². The van der Waals surface area contributed by atoms with Crippen molar-refractivity contribution in [1.29, 1.82) is 0 Å². The van der Waals surface area contributed by atoms with Gasteiger partial charge in [-0.3, -0.25) is 9.35 Å². The molecule has 0 amide bonds. The van der Waals surface area contributed by atoms with Gasteiger partial charge in [-0.15, -0.1) is 0 Å². The van der Waals surface area contributed by atoms with Gasteiger partial charge in [-0.2, -0.15) is 8.42 Å². The number of esters is 1. The van der Waals surface area contributed by atoms with Gasteiger partial charge in [0.1, 0.15) is 5.75 Å². The Kier molecular flexibility index (Phi) is 11.0. The zero-order valence-corrected chi connectivity index (χ0v) is 16.1. The summed E-state index contributed by atoms with van der Waals surface area (Å²) in [6.07, 6.45) is 6.91. The second kappa shape index (κ2) is 11.2. The third-order valence-electron chi connectivity index (χ3n) is 3.09. The summed E-state index contributed by atoms with van der Waals surface area (Å²) in [6, 6.07) is 5.09. The van der Waals surface area contributed by atoms with Crippen LogP contribution in [-0.4, -0.2) is 18.9 Å². The Bertz CT molecular complexity index is 545. The molecule has 0 aliphatic carbocycles. The molecule has 22 heavy (non-hydrogen) atoms. The average Bonchev–Trinajstić information content (AvgIpc) is 2.42. The van der Waals surface area contributed by atoms with Gasteiger partial charge >= 0.3 is 35.5 Å². The number of rotatable bonds is 9. The molecular formula is C15H23NaO5S. The van der Waals surface area contributed by atoms with Crippen molar-refractivity contribution in [2.45, 2.75) is 56.8 Å². The van der Waals surface area contributed by atoms with Crippen LogP contribution in [0.2, 0.25) is 0 Å². The van der Waals surface area contributed by atoms with E-state index in [4.69, 9.17) is 9.29 Å². The summed E-state index contributed by atoms with van der Waals surface area (Å²) in [5.74, 6) is -0.0523. The van der Waals surface area contributed by atoms with Gasteiger partial charge in [0.05, 0.1) is 4.90 Å². The van der Waals surface area contributed by atoms with Gasteiger partial charge in [0.15, 0.2) is 0 Å². The van der Waals surface area contributed by atoms with Crippen molar-refractivity contribution < 1.29 is 53.5 Å². The van der Waals surface area contributed by atoms with Crippen molar-refractivity contribution in [3.05, 3.63) is 24.3 Å². The molecule has 0 bridgehead atoms. The average molecular weight is 338 g/mol. The van der Waals surface area contributed by atoms with Crippen molar-refractivity contribution in [3.8, 4) is 5.75 Å². The predicted octanol–water partition coefficient (Wildman–Crippen LogP) is 0.706. The van der Waals surface area contributed by atoms with E-state index >= 15 is 0 Å². The molecule has 1 aromatic carbocycles. The van der Waals surface area contributed by atoms with E-state index in [1.54, 1.807) is 0 Å². The predicted molar refractivity (Wildman–Crippen MR) is 81.0 cm³/mol. The third kappa shape index (κ3) is 8.90. The zero-order chi connectivity index (χ0) is 15.7. The molecule has 0 radical (unpaired) electrons. The molecule has 0 aliphatic heterocycles. The summed E-state index contributed by atoms with van der Waals surface area (Å²) in [6.45, 7) is 2.16. The van der Waals surface area contributed by atoms with E-state index in [-0.39, 0.29) is 47.6 Å². The van der Waals surface area contributed by atoms with Crippen LogP contribution in [0.5, 0.6) is 5.75 Å². The number of ether oxygens (including phenoxy) is 1. The smallest absolute Gasteiger partial charge is 1.00 e. The first kappa shape index (κ1) is 21.6. The SMILES string of the molecule is CCCCCCCCC(=O)Oc1ccc(S(=O)(=O)O)cc1.[H-].[Na+]. The summed E-state index contributed by atoms with van der Waals surface area (Å²) in [4.78, 5) is 11.4. The Balaban J connectivity index is 0. The summed E-state index contributed by atoms with van der Waals surface area (Å²) < 4.78 is 35.7. The van der Waals surface area contributed by atoms with Gasteiger partial charge < -0.3 is 6.16 Å². The number of unbranched alkanes of at least 4 members (excludes halogenated alkanes) is 5. The molecule has 0 fully saturated rings. The van der Waals surface area contributed by atoms with E-state index in [1.807, 2.05) is 0 Å². The van der Waals surface area contributed by atoms with Crippen LogP contribution in [0.15, 0.2) is 29.2 Å².